The third-order valence-electron chi connectivity index (χ3n) is 1.41. The topological polar surface area (TPSA) is 70.0 Å². The molecule has 1 atom stereocenters. The average Bonchev–Trinajstić information content (AvgIpc) is 1.84. The highest BCUT2D eigenvalue weighted by Gasteiger charge is 2.06. The van der Waals surface area contributed by atoms with Gasteiger partial charge >= 0.3 is 0 Å². The Morgan fingerprint density at radius 3 is 2.58 bits per heavy atom. The van der Waals surface area contributed by atoms with Gasteiger partial charge in [-0.3, -0.25) is 10.4 Å². The summed E-state index contributed by atoms with van der Waals surface area (Å²) in [5, 5.41) is 16.2. The molecule has 0 aliphatic rings. The van der Waals surface area contributed by atoms with Crippen LogP contribution in [-0.2, 0) is 9.63 Å². The highest BCUT2D eigenvalue weighted by Crippen LogP contribution is 2.04. The minimum atomic E-state index is -0.307. The van der Waals surface area contributed by atoms with E-state index in [2.05, 4.69) is 4.84 Å². The Morgan fingerprint density at radius 2 is 2.17 bits per heavy atom. The van der Waals surface area contributed by atoms with E-state index in [1.807, 2.05) is 0 Å². The number of nitrogens with zero attached hydrogens (tertiary/aromatic N) is 1. The molecule has 2 N–H and O–H groups in total. The Kier molecular flexibility index (Phi) is 5.83. The first-order chi connectivity index (χ1) is 5.52. The summed E-state index contributed by atoms with van der Waals surface area (Å²) in [7, 11) is 0. The molecular weight excluding hydrogens is 162 g/mol. The molecule has 12 heavy (non-hydrogen) atoms. The van der Waals surface area contributed by atoms with E-state index in [0.717, 1.165) is 0 Å². The van der Waals surface area contributed by atoms with Gasteiger partial charge in [-0.15, -0.1) is 0 Å². The molecule has 0 fully saturated rings. The predicted molar refractivity (Wildman–Crippen MR) is 40.5 cm³/mol. The van der Waals surface area contributed by atoms with Crippen molar-refractivity contribution in [2.24, 2.45) is 0 Å². The van der Waals surface area contributed by atoms with Crippen molar-refractivity contribution < 1.29 is 20.0 Å². The van der Waals surface area contributed by atoms with Crippen molar-refractivity contribution in [2.45, 2.75) is 39.2 Å². The maximum atomic E-state index is 10.5. The Labute approximate surface area is 71.4 Å². The van der Waals surface area contributed by atoms with Crippen molar-refractivity contribution in [1.29, 1.82) is 0 Å². The standard InChI is InChI=1S/C7H15NO4/c1-6(9)4-3-5-7(2)12-8(10)11/h7,10-11H,3-5H2,1-2H3/t7-/m0/s1. The second kappa shape index (κ2) is 6.07. The van der Waals surface area contributed by atoms with Crippen LogP contribution in [-0.4, -0.2) is 27.7 Å². The first-order valence-electron chi connectivity index (χ1n) is 3.86. The third-order valence-corrected chi connectivity index (χ3v) is 1.41. The van der Waals surface area contributed by atoms with Crippen LogP contribution in [0.25, 0.3) is 0 Å². The average molecular weight is 177 g/mol. The smallest absolute Gasteiger partial charge is 0.129 e. The summed E-state index contributed by atoms with van der Waals surface area (Å²) in [5.74, 6) is 0.132. The van der Waals surface area contributed by atoms with Gasteiger partial charge in [-0.05, 0) is 26.7 Å². The van der Waals surface area contributed by atoms with E-state index >= 15 is 0 Å². The maximum absolute atomic E-state index is 10.5. The van der Waals surface area contributed by atoms with Crippen LogP contribution in [0.5, 0.6) is 0 Å². The molecule has 0 aliphatic carbocycles. The molecule has 72 valence electrons. The minimum Gasteiger partial charge on any atom is -0.300 e. The van der Waals surface area contributed by atoms with Crippen molar-refractivity contribution in [2.75, 3.05) is 0 Å². The molecule has 0 aromatic carbocycles. The lowest BCUT2D eigenvalue weighted by Crippen LogP contribution is -2.21. The maximum Gasteiger partial charge on any atom is 0.129 e. The second-order valence-electron chi connectivity index (χ2n) is 2.76. The number of carbonyl (C=O) groups is 1. The number of ketones is 1. The van der Waals surface area contributed by atoms with Crippen LogP contribution in [0.2, 0.25) is 0 Å². The largest absolute Gasteiger partial charge is 0.300 e. The van der Waals surface area contributed by atoms with Crippen LogP contribution in [0.1, 0.15) is 33.1 Å². The van der Waals surface area contributed by atoms with Gasteiger partial charge in [0.05, 0.1) is 11.5 Å². The first kappa shape index (κ1) is 11.5. The van der Waals surface area contributed by atoms with E-state index in [0.29, 0.717) is 19.3 Å². The number of Topliss-reactive ketones (excluding diaryl/α,β-unsaturated/α-hetero) is 1. The molecule has 0 unspecified atom stereocenters. The lowest BCUT2D eigenvalue weighted by molar-refractivity contribution is -0.503. The Morgan fingerprint density at radius 1 is 1.58 bits per heavy atom. The molecule has 0 saturated heterocycles. The highest BCUT2D eigenvalue weighted by molar-refractivity contribution is 5.75. The lowest BCUT2D eigenvalue weighted by Gasteiger charge is -2.13. The predicted octanol–water partition coefficient (Wildman–Crippen LogP) is 1.15. The van der Waals surface area contributed by atoms with Gasteiger partial charge in [0.2, 0.25) is 0 Å². The summed E-state index contributed by atoms with van der Waals surface area (Å²) in [6.45, 7) is 3.22. The molecule has 0 bridgehead atoms. The quantitative estimate of drug-likeness (QED) is 0.595. The minimum absolute atomic E-state index is 0.132. The van der Waals surface area contributed by atoms with Gasteiger partial charge in [0, 0.05) is 6.42 Å². The van der Waals surface area contributed by atoms with Crippen LogP contribution < -0.4 is 0 Å². The molecule has 0 aliphatic heterocycles. The summed E-state index contributed by atoms with van der Waals surface area (Å²) in [6.07, 6.45) is 1.53. The number of carbonyl (C=O) groups excluding carboxylic acids is 1. The van der Waals surface area contributed by atoms with Gasteiger partial charge in [0.25, 0.3) is 0 Å². The van der Waals surface area contributed by atoms with E-state index in [9.17, 15) is 4.79 Å². The SMILES string of the molecule is CC(=O)CCC[C@H](C)ON(O)O. The molecule has 5 nitrogen and oxygen atoms in total. The van der Waals surface area contributed by atoms with Gasteiger partial charge in [0.15, 0.2) is 0 Å². The molecular formula is C7H15NO4. The number of rotatable bonds is 6. The van der Waals surface area contributed by atoms with Crippen molar-refractivity contribution in [1.82, 2.24) is 5.39 Å². The van der Waals surface area contributed by atoms with Gasteiger partial charge in [-0.2, -0.15) is 0 Å². The van der Waals surface area contributed by atoms with E-state index in [-0.39, 0.29) is 17.3 Å². The van der Waals surface area contributed by atoms with Crippen molar-refractivity contribution in [3.8, 4) is 0 Å². The zero-order valence-electron chi connectivity index (χ0n) is 7.36. The molecule has 0 radical (unpaired) electrons. The summed E-state index contributed by atoms with van der Waals surface area (Å²) >= 11 is 0. The van der Waals surface area contributed by atoms with Gasteiger partial charge in [0.1, 0.15) is 5.78 Å². The van der Waals surface area contributed by atoms with E-state index in [1.165, 1.54) is 6.92 Å². The zero-order chi connectivity index (χ0) is 9.56. The lowest BCUT2D eigenvalue weighted by atomic mass is 10.1. The summed E-state index contributed by atoms with van der Waals surface area (Å²) in [5.41, 5.74) is 0. The highest BCUT2D eigenvalue weighted by atomic mass is 17.1. The molecule has 0 rings (SSSR count). The van der Waals surface area contributed by atoms with Crippen molar-refractivity contribution >= 4 is 5.78 Å². The fraction of sp³-hybridized carbons (Fsp3) is 0.857. The second-order valence-corrected chi connectivity index (χ2v) is 2.76. The molecule has 0 saturated carbocycles. The van der Waals surface area contributed by atoms with Crippen LogP contribution in [0.3, 0.4) is 0 Å². The normalized spacial score (nSPS) is 13.4. The molecule has 0 heterocycles. The summed E-state index contributed by atoms with van der Waals surface area (Å²) in [4.78, 5) is 15.0. The fourth-order valence-electron chi connectivity index (χ4n) is 0.852. The van der Waals surface area contributed by atoms with Gasteiger partial charge in [-0.25, -0.2) is 4.84 Å². The van der Waals surface area contributed by atoms with Crippen molar-refractivity contribution in [3.63, 3.8) is 0 Å². The Hall–Kier alpha value is -0.490. The first-order valence-corrected chi connectivity index (χ1v) is 3.86. The van der Waals surface area contributed by atoms with Gasteiger partial charge in [-0.1, -0.05) is 0 Å². The summed E-state index contributed by atoms with van der Waals surface area (Å²) in [6, 6.07) is 0. The van der Waals surface area contributed by atoms with Crippen molar-refractivity contribution in [3.05, 3.63) is 0 Å². The van der Waals surface area contributed by atoms with Crippen LogP contribution in [0.15, 0.2) is 0 Å². The monoisotopic (exact) mass is 177 g/mol. The molecule has 0 spiro atoms. The van der Waals surface area contributed by atoms with Gasteiger partial charge < -0.3 is 4.79 Å². The Balaban J connectivity index is 3.31. The summed E-state index contributed by atoms with van der Waals surface area (Å²) < 4.78 is 0. The third kappa shape index (κ3) is 7.62. The van der Waals surface area contributed by atoms with Crippen LogP contribution in [0.4, 0.5) is 0 Å². The molecule has 0 aromatic heterocycles. The Bertz CT molecular complexity index is 137. The number of hydrogen-bond acceptors (Lipinski definition) is 5. The zero-order valence-corrected chi connectivity index (χ0v) is 7.36. The molecule has 0 aromatic rings. The van der Waals surface area contributed by atoms with E-state index in [4.69, 9.17) is 10.4 Å². The number of hydrogen-bond donors (Lipinski definition) is 2. The fourth-order valence-corrected chi connectivity index (χ4v) is 0.852. The van der Waals surface area contributed by atoms with E-state index in [1.54, 1.807) is 6.92 Å². The molecule has 5 heteroatoms. The van der Waals surface area contributed by atoms with Crippen LogP contribution in [0, 0.1) is 0 Å². The van der Waals surface area contributed by atoms with Crippen LogP contribution >= 0.6 is 0 Å². The van der Waals surface area contributed by atoms with E-state index < -0.39 is 0 Å². The molecule has 0 amide bonds.